The molecule has 7 nitrogen and oxygen atoms in total. The molecule has 0 aromatic heterocycles. The van der Waals surface area contributed by atoms with Crippen LogP contribution in [-0.4, -0.2) is 40.2 Å². The van der Waals surface area contributed by atoms with Gasteiger partial charge in [0.05, 0.1) is 17.8 Å². The van der Waals surface area contributed by atoms with Crippen LogP contribution in [0.1, 0.15) is 28.8 Å². The lowest BCUT2D eigenvalue weighted by atomic mass is 9.87. The molecule has 0 bridgehead atoms. The Labute approximate surface area is 120 Å². The minimum atomic E-state index is -0.932. The molecule has 1 aromatic carbocycles. The Morgan fingerprint density at radius 2 is 2.05 bits per heavy atom. The smallest absolute Gasteiger partial charge is 0.253 e. The van der Waals surface area contributed by atoms with Crippen molar-refractivity contribution in [3.63, 3.8) is 0 Å². The fourth-order valence-electron chi connectivity index (χ4n) is 2.61. The summed E-state index contributed by atoms with van der Waals surface area (Å²) in [5, 5.41) is 29.5. The second kappa shape index (κ2) is 4.94. The van der Waals surface area contributed by atoms with Gasteiger partial charge in [-0.3, -0.25) is 4.79 Å². The number of ether oxygens (including phenoxy) is 2. The first kappa shape index (κ1) is 13.7. The van der Waals surface area contributed by atoms with Crippen LogP contribution >= 0.6 is 0 Å². The Morgan fingerprint density at radius 3 is 2.71 bits per heavy atom. The van der Waals surface area contributed by atoms with E-state index < -0.39 is 18.1 Å². The number of carbonyl (C=O) groups excluding carboxylic acids is 1. The summed E-state index contributed by atoms with van der Waals surface area (Å²) < 4.78 is 10.3. The van der Waals surface area contributed by atoms with E-state index in [2.05, 4.69) is 0 Å². The summed E-state index contributed by atoms with van der Waals surface area (Å²) in [5.74, 6) is -0.769. The molecular weight excluding hydrogens is 278 g/mol. The Kier molecular flexibility index (Phi) is 3.23. The van der Waals surface area contributed by atoms with Crippen LogP contribution in [0.5, 0.6) is 17.2 Å². The minimum absolute atomic E-state index is 0.0507. The maximum atomic E-state index is 11.7. The highest BCUT2D eigenvalue weighted by atomic mass is 16.7. The number of phenols is 1. The number of aromatic hydroxyl groups is 1. The lowest BCUT2D eigenvalue weighted by Crippen LogP contribution is -2.28. The molecule has 2 atom stereocenters. The van der Waals surface area contributed by atoms with Crippen LogP contribution in [0.4, 0.5) is 0 Å². The predicted octanol–water partition coefficient (Wildman–Crippen LogP) is 0.119. The number of carbonyl (C=O) groups is 1. The van der Waals surface area contributed by atoms with Crippen molar-refractivity contribution in [2.24, 2.45) is 5.73 Å². The van der Waals surface area contributed by atoms with Crippen LogP contribution in [0.15, 0.2) is 12.1 Å². The number of fused-ring (bicyclic) bond motifs is 1. The molecule has 1 aliphatic carbocycles. The number of amides is 1. The third kappa shape index (κ3) is 2.20. The van der Waals surface area contributed by atoms with E-state index >= 15 is 0 Å². The number of hydrogen-bond donors (Lipinski definition) is 4. The van der Waals surface area contributed by atoms with Crippen molar-refractivity contribution in [1.82, 2.24) is 0 Å². The minimum Gasteiger partial charge on any atom is -0.504 e. The van der Waals surface area contributed by atoms with E-state index in [4.69, 9.17) is 15.2 Å². The third-order valence-electron chi connectivity index (χ3n) is 3.71. The van der Waals surface area contributed by atoms with Crippen molar-refractivity contribution in [1.29, 1.82) is 0 Å². The number of benzene rings is 1. The molecule has 112 valence electrons. The summed E-state index contributed by atoms with van der Waals surface area (Å²) in [6, 6.07) is 1.55. The SMILES string of the molecule is NC(=O)c1c(C2=CCC(O)C(O)C2)cc2c(c1O)OCO2. The monoisotopic (exact) mass is 293 g/mol. The molecule has 0 saturated carbocycles. The zero-order valence-corrected chi connectivity index (χ0v) is 11.1. The van der Waals surface area contributed by atoms with Crippen molar-refractivity contribution in [2.45, 2.75) is 25.0 Å². The number of rotatable bonds is 2. The molecule has 1 aliphatic heterocycles. The summed E-state index contributed by atoms with van der Waals surface area (Å²) in [5.41, 5.74) is 6.27. The van der Waals surface area contributed by atoms with Crippen molar-refractivity contribution in [3.8, 4) is 17.2 Å². The van der Waals surface area contributed by atoms with E-state index in [0.29, 0.717) is 16.9 Å². The van der Waals surface area contributed by atoms with Crippen molar-refractivity contribution < 1.29 is 29.6 Å². The molecule has 0 saturated heterocycles. The Balaban J connectivity index is 2.14. The van der Waals surface area contributed by atoms with Crippen LogP contribution in [0.2, 0.25) is 0 Å². The largest absolute Gasteiger partial charge is 0.504 e. The molecule has 2 aliphatic rings. The molecule has 0 radical (unpaired) electrons. The average molecular weight is 293 g/mol. The maximum absolute atomic E-state index is 11.7. The van der Waals surface area contributed by atoms with Gasteiger partial charge in [0.15, 0.2) is 11.5 Å². The van der Waals surface area contributed by atoms with Gasteiger partial charge in [-0.25, -0.2) is 0 Å². The van der Waals surface area contributed by atoms with Gasteiger partial charge in [-0.15, -0.1) is 0 Å². The van der Waals surface area contributed by atoms with Crippen LogP contribution in [0.25, 0.3) is 5.57 Å². The highest BCUT2D eigenvalue weighted by molar-refractivity contribution is 6.02. The summed E-state index contributed by atoms with van der Waals surface area (Å²) >= 11 is 0. The van der Waals surface area contributed by atoms with Gasteiger partial charge in [0.2, 0.25) is 12.5 Å². The Morgan fingerprint density at radius 1 is 1.29 bits per heavy atom. The number of aliphatic hydroxyl groups excluding tert-OH is 2. The van der Waals surface area contributed by atoms with Gasteiger partial charge in [-0.2, -0.15) is 0 Å². The van der Waals surface area contributed by atoms with Crippen molar-refractivity contribution >= 4 is 11.5 Å². The van der Waals surface area contributed by atoms with Crippen LogP contribution < -0.4 is 15.2 Å². The molecule has 1 heterocycles. The molecule has 7 heteroatoms. The molecule has 3 rings (SSSR count). The summed E-state index contributed by atoms with van der Waals surface area (Å²) in [6.07, 6.45) is 0.345. The van der Waals surface area contributed by atoms with Crippen LogP contribution in [0.3, 0.4) is 0 Å². The van der Waals surface area contributed by atoms with E-state index in [-0.39, 0.29) is 36.7 Å². The molecule has 1 aromatic rings. The second-order valence-corrected chi connectivity index (χ2v) is 5.05. The standard InChI is InChI=1S/C14H15NO6/c15-14(19)11-7(6-1-2-8(16)9(17)3-6)4-10-13(12(11)18)21-5-20-10/h1,4,8-9,16-18H,2-3,5H2,(H2,15,19). The molecule has 1 amide bonds. The first-order chi connectivity index (χ1) is 9.99. The van der Waals surface area contributed by atoms with E-state index in [1.165, 1.54) is 0 Å². The lowest BCUT2D eigenvalue weighted by molar-refractivity contribution is 0.0213. The highest BCUT2D eigenvalue weighted by Gasteiger charge is 2.30. The van der Waals surface area contributed by atoms with Gasteiger partial charge in [0.25, 0.3) is 5.91 Å². The average Bonchev–Trinajstić information content (AvgIpc) is 2.90. The Hall–Kier alpha value is -2.25. The Bertz CT molecular complexity index is 639. The molecule has 5 N–H and O–H groups in total. The number of primary amides is 1. The predicted molar refractivity (Wildman–Crippen MR) is 72.0 cm³/mol. The first-order valence-corrected chi connectivity index (χ1v) is 6.50. The van der Waals surface area contributed by atoms with Crippen molar-refractivity contribution in [3.05, 3.63) is 23.3 Å². The molecular formula is C14H15NO6. The highest BCUT2D eigenvalue weighted by Crippen LogP contribution is 2.46. The van der Waals surface area contributed by atoms with Crippen LogP contribution in [-0.2, 0) is 0 Å². The fraction of sp³-hybridized carbons (Fsp3) is 0.357. The molecule has 2 unspecified atom stereocenters. The third-order valence-corrected chi connectivity index (χ3v) is 3.71. The number of aliphatic hydroxyl groups is 2. The van der Waals surface area contributed by atoms with E-state index in [1.54, 1.807) is 12.1 Å². The number of nitrogens with two attached hydrogens (primary N) is 1. The van der Waals surface area contributed by atoms with E-state index in [1.807, 2.05) is 0 Å². The van der Waals surface area contributed by atoms with Gasteiger partial charge >= 0.3 is 0 Å². The normalized spacial score (nSPS) is 23.8. The molecule has 0 spiro atoms. The molecule has 0 fully saturated rings. The topological polar surface area (TPSA) is 122 Å². The van der Waals surface area contributed by atoms with E-state index in [0.717, 1.165) is 0 Å². The summed E-state index contributed by atoms with van der Waals surface area (Å²) in [7, 11) is 0. The number of hydrogen-bond acceptors (Lipinski definition) is 6. The van der Waals surface area contributed by atoms with Crippen molar-refractivity contribution in [2.75, 3.05) is 6.79 Å². The second-order valence-electron chi connectivity index (χ2n) is 5.05. The maximum Gasteiger partial charge on any atom is 0.253 e. The zero-order valence-electron chi connectivity index (χ0n) is 11.1. The summed E-state index contributed by atoms with van der Waals surface area (Å²) in [4.78, 5) is 11.7. The fourth-order valence-corrected chi connectivity index (χ4v) is 2.61. The molecule has 21 heavy (non-hydrogen) atoms. The zero-order chi connectivity index (χ0) is 15.1. The van der Waals surface area contributed by atoms with Gasteiger partial charge in [0.1, 0.15) is 0 Å². The first-order valence-electron chi connectivity index (χ1n) is 6.50. The van der Waals surface area contributed by atoms with E-state index in [9.17, 15) is 20.1 Å². The van der Waals surface area contributed by atoms with Gasteiger partial charge in [-0.1, -0.05) is 6.08 Å². The lowest BCUT2D eigenvalue weighted by Gasteiger charge is -2.25. The van der Waals surface area contributed by atoms with Crippen LogP contribution in [0, 0.1) is 0 Å². The summed E-state index contributed by atoms with van der Waals surface area (Å²) in [6.45, 7) is -0.0507. The quantitative estimate of drug-likeness (QED) is 0.614. The van der Waals surface area contributed by atoms with Gasteiger partial charge in [-0.05, 0) is 23.6 Å². The van der Waals surface area contributed by atoms with Gasteiger partial charge < -0.3 is 30.5 Å². The van der Waals surface area contributed by atoms with Gasteiger partial charge in [0, 0.05) is 6.42 Å².